The molecule has 5 rings (SSSR count). The Kier molecular flexibility index (Phi) is 9.33. The van der Waals surface area contributed by atoms with Gasteiger partial charge < -0.3 is 16.4 Å². The summed E-state index contributed by atoms with van der Waals surface area (Å²) in [5, 5.41) is 5.95. The summed E-state index contributed by atoms with van der Waals surface area (Å²) in [6, 6.07) is 16.6. The van der Waals surface area contributed by atoms with E-state index in [4.69, 9.17) is 5.73 Å². The fourth-order valence-corrected chi connectivity index (χ4v) is 7.15. The number of nitrogens with two attached hydrogens (primary N) is 1. The molecule has 8 nitrogen and oxygen atoms in total. The molecular formula is C32H32F3N5O3S. The quantitative estimate of drug-likeness (QED) is 0.233. The van der Waals surface area contributed by atoms with Gasteiger partial charge in [0.2, 0.25) is 15.9 Å². The van der Waals surface area contributed by atoms with Crippen LogP contribution in [0.25, 0.3) is 0 Å². The highest BCUT2D eigenvalue weighted by Crippen LogP contribution is 2.34. The number of benzene rings is 3. The molecule has 3 aromatic carbocycles. The molecule has 4 N–H and O–H groups in total. The molecular weight excluding hydrogens is 591 g/mol. The van der Waals surface area contributed by atoms with E-state index in [1.807, 2.05) is 0 Å². The third-order valence-electron chi connectivity index (χ3n) is 7.86. The molecule has 44 heavy (non-hydrogen) atoms. The Labute approximate surface area is 254 Å². The van der Waals surface area contributed by atoms with Crippen molar-refractivity contribution >= 4 is 27.3 Å². The summed E-state index contributed by atoms with van der Waals surface area (Å²) in [5.41, 5.74) is 7.64. The van der Waals surface area contributed by atoms with Crippen LogP contribution in [0.2, 0.25) is 0 Å². The number of anilines is 2. The molecule has 1 aliphatic rings. The third kappa shape index (κ3) is 6.77. The van der Waals surface area contributed by atoms with Crippen molar-refractivity contribution in [2.75, 3.05) is 30.7 Å². The van der Waals surface area contributed by atoms with E-state index in [0.29, 0.717) is 23.4 Å². The lowest BCUT2D eigenvalue weighted by Gasteiger charge is -2.35. The normalized spacial score (nSPS) is 16.5. The van der Waals surface area contributed by atoms with Gasteiger partial charge in [0.1, 0.15) is 17.5 Å². The average Bonchev–Trinajstić information content (AvgIpc) is 3.01. The predicted octanol–water partition coefficient (Wildman–Crippen LogP) is 4.69. The molecule has 4 aromatic rings. The van der Waals surface area contributed by atoms with Crippen LogP contribution in [0.15, 0.2) is 90.1 Å². The monoisotopic (exact) mass is 623 g/mol. The number of nitrogen functional groups attached to an aromatic ring is 1. The van der Waals surface area contributed by atoms with Crippen molar-refractivity contribution in [1.29, 1.82) is 0 Å². The number of amides is 1. The zero-order chi connectivity index (χ0) is 31.4. The average molecular weight is 624 g/mol. The molecule has 0 bridgehead atoms. The second-order valence-electron chi connectivity index (χ2n) is 10.8. The molecule has 1 fully saturated rings. The molecule has 0 saturated carbocycles. The Hall–Kier alpha value is -4.26. The van der Waals surface area contributed by atoms with Crippen molar-refractivity contribution in [3.05, 3.63) is 119 Å². The standard InChI is InChI=1S/C32H32F3N5O3S/c1-20(31(21-2-6-23(33)7-3-21)22-4-8-24(34)9-5-22)32(41)39-30-19-38-18-29(35)28(30)16-26-17-37-14-15-40(26)44(42,43)27-12-10-25(36)11-13-27/h2-13,18-20,26,31,37H,14-17,36H2,1H3,(H,39,41)/t20-,26?/m0/s1. The van der Waals surface area contributed by atoms with Gasteiger partial charge >= 0.3 is 0 Å². The zero-order valence-electron chi connectivity index (χ0n) is 23.9. The lowest BCUT2D eigenvalue weighted by molar-refractivity contribution is -0.119. The Balaban J connectivity index is 1.42. The number of carbonyl (C=O) groups excluding carboxylic acids is 1. The van der Waals surface area contributed by atoms with E-state index in [-0.39, 0.29) is 35.7 Å². The summed E-state index contributed by atoms with van der Waals surface area (Å²) >= 11 is 0. The minimum absolute atomic E-state index is 0.0428. The summed E-state index contributed by atoms with van der Waals surface area (Å²) in [5.74, 6) is -3.40. The van der Waals surface area contributed by atoms with Crippen molar-refractivity contribution in [1.82, 2.24) is 14.6 Å². The van der Waals surface area contributed by atoms with Gasteiger partial charge in [0.15, 0.2) is 0 Å². The fourth-order valence-electron chi connectivity index (χ4n) is 5.53. The smallest absolute Gasteiger partial charge is 0.243 e. The first-order chi connectivity index (χ1) is 21.0. The van der Waals surface area contributed by atoms with Crippen LogP contribution in [0.4, 0.5) is 24.5 Å². The molecule has 0 aliphatic carbocycles. The van der Waals surface area contributed by atoms with Crippen molar-refractivity contribution in [3.8, 4) is 0 Å². The molecule has 0 spiro atoms. The SMILES string of the molecule is C[C@H](C(=O)Nc1cncc(F)c1CC1CNCCN1S(=O)(=O)c1ccc(N)cc1)C(c1ccc(F)cc1)c1ccc(F)cc1. The highest BCUT2D eigenvalue weighted by molar-refractivity contribution is 7.89. The van der Waals surface area contributed by atoms with Gasteiger partial charge in [-0.3, -0.25) is 9.78 Å². The number of hydrogen-bond donors (Lipinski definition) is 3. The van der Waals surface area contributed by atoms with Gasteiger partial charge in [-0.15, -0.1) is 0 Å². The molecule has 2 atom stereocenters. The summed E-state index contributed by atoms with van der Waals surface area (Å²) in [4.78, 5) is 17.7. The summed E-state index contributed by atoms with van der Waals surface area (Å²) in [7, 11) is -3.93. The molecule has 1 saturated heterocycles. The first-order valence-electron chi connectivity index (χ1n) is 14.1. The van der Waals surface area contributed by atoms with Gasteiger partial charge in [-0.1, -0.05) is 31.2 Å². The van der Waals surface area contributed by atoms with Crippen LogP contribution in [0, 0.1) is 23.4 Å². The summed E-state index contributed by atoms with van der Waals surface area (Å²) < 4.78 is 71.2. The lowest BCUT2D eigenvalue weighted by Crippen LogP contribution is -2.54. The van der Waals surface area contributed by atoms with Crippen molar-refractivity contribution in [2.24, 2.45) is 5.92 Å². The van der Waals surface area contributed by atoms with E-state index in [2.05, 4.69) is 15.6 Å². The minimum Gasteiger partial charge on any atom is -0.399 e. The topological polar surface area (TPSA) is 117 Å². The van der Waals surface area contributed by atoms with Gasteiger partial charge in [0.25, 0.3) is 0 Å². The van der Waals surface area contributed by atoms with Crippen LogP contribution < -0.4 is 16.4 Å². The van der Waals surface area contributed by atoms with Crippen LogP contribution >= 0.6 is 0 Å². The van der Waals surface area contributed by atoms with Crippen molar-refractivity contribution in [3.63, 3.8) is 0 Å². The molecule has 1 aromatic heterocycles. The van der Waals surface area contributed by atoms with Crippen LogP contribution in [0.1, 0.15) is 29.5 Å². The number of carbonyl (C=O) groups is 1. The molecule has 0 radical (unpaired) electrons. The van der Waals surface area contributed by atoms with E-state index in [0.717, 1.165) is 6.20 Å². The van der Waals surface area contributed by atoms with Gasteiger partial charge in [-0.2, -0.15) is 4.31 Å². The van der Waals surface area contributed by atoms with Gasteiger partial charge in [0.05, 0.1) is 23.0 Å². The number of piperazine rings is 1. The number of nitrogens with zero attached hydrogens (tertiary/aromatic N) is 2. The first-order valence-corrected chi connectivity index (χ1v) is 15.5. The van der Waals surface area contributed by atoms with E-state index < -0.39 is 51.3 Å². The minimum atomic E-state index is -3.93. The largest absolute Gasteiger partial charge is 0.399 e. The van der Waals surface area contributed by atoms with Gasteiger partial charge in [-0.25, -0.2) is 21.6 Å². The zero-order valence-corrected chi connectivity index (χ0v) is 24.7. The van der Waals surface area contributed by atoms with E-state index in [9.17, 15) is 22.0 Å². The number of sulfonamides is 1. The van der Waals surface area contributed by atoms with Crippen LogP contribution in [-0.2, 0) is 21.2 Å². The second kappa shape index (κ2) is 13.2. The van der Waals surface area contributed by atoms with Gasteiger partial charge in [0, 0.05) is 48.8 Å². The molecule has 12 heteroatoms. The predicted molar refractivity (Wildman–Crippen MR) is 162 cm³/mol. The third-order valence-corrected chi connectivity index (χ3v) is 9.82. The van der Waals surface area contributed by atoms with E-state index in [1.165, 1.54) is 59.0 Å². The Morgan fingerprint density at radius 1 is 0.977 bits per heavy atom. The number of aromatic nitrogens is 1. The maximum atomic E-state index is 15.3. The summed E-state index contributed by atoms with van der Waals surface area (Å²) in [6.07, 6.45) is 2.30. The maximum Gasteiger partial charge on any atom is 0.243 e. The maximum absolute atomic E-state index is 15.3. The Morgan fingerprint density at radius 2 is 1.57 bits per heavy atom. The van der Waals surface area contributed by atoms with E-state index in [1.54, 1.807) is 31.2 Å². The van der Waals surface area contributed by atoms with Crippen LogP contribution in [0.5, 0.6) is 0 Å². The lowest BCUT2D eigenvalue weighted by atomic mass is 9.81. The van der Waals surface area contributed by atoms with Crippen LogP contribution in [0.3, 0.4) is 0 Å². The highest BCUT2D eigenvalue weighted by atomic mass is 32.2. The molecule has 1 unspecified atom stereocenters. The molecule has 1 aliphatic heterocycles. The van der Waals surface area contributed by atoms with Gasteiger partial charge in [-0.05, 0) is 66.1 Å². The number of halogens is 3. The summed E-state index contributed by atoms with van der Waals surface area (Å²) in [6.45, 7) is 2.51. The molecule has 2 heterocycles. The first kappa shape index (κ1) is 31.2. The van der Waals surface area contributed by atoms with Crippen LogP contribution in [-0.4, -0.2) is 49.3 Å². The Morgan fingerprint density at radius 3 is 2.16 bits per heavy atom. The number of hydrogen-bond acceptors (Lipinski definition) is 6. The van der Waals surface area contributed by atoms with Crippen molar-refractivity contribution in [2.45, 2.75) is 30.2 Å². The highest BCUT2D eigenvalue weighted by Gasteiger charge is 2.35. The number of nitrogens with one attached hydrogen (secondary N) is 2. The Bertz CT molecular complexity index is 1670. The number of pyridine rings is 1. The molecule has 1 amide bonds. The fraction of sp³-hybridized carbons (Fsp3) is 0.250. The second-order valence-corrected chi connectivity index (χ2v) is 12.6. The van der Waals surface area contributed by atoms with E-state index >= 15 is 4.39 Å². The molecule has 230 valence electrons. The number of rotatable bonds is 9. The van der Waals surface area contributed by atoms with Crippen molar-refractivity contribution < 1.29 is 26.4 Å².